The van der Waals surface area contributed by atoms with Crippen LogP contribution in [0.25, 0.3) is 0 Å². The van der Waals surface area contributed by atoms with Gasteiger partial charge in [0.2, 0.25) is 0 Å². The minimum absolute atomic E-state index is 0.167. The molecule has 0 aliphatic rings. The predicted octanol–water partition coefficient (Wildman–Crippen LogP) is 2.06. The molecule has 0 radical (unpaired) electrons. The second-order valence-electron chi connectivity index (χ2n) is 3.05. The molecular formula is C10H14FNS. The molecule has 1 rings (SSSR count). The number of hydrogen-bond donors (Lipinski definition) is 1. The van der Waals surface area contributed by atoms with Gasteiger partial charge in [-0.25, -0.2) is 4.39 Å². The molecule has 0 fully saturated rings. The van der Waals surface area contributed by atoms with E-state index in [4.69, 9.17) is 5.73 Å². The van der Waals surface area contributed by atoms with Crippen molar-refractivity contribution < 1.29 is 4.39 Å². The Morgan fingerprint density at radius 2 is 2.00 bits per heavy atom. The summed E-state index contributed by atoms with van der Waals surface area (Å²) in [6, 6.07) is 6.69. The molecule has 0 heterocycles. The lowest BCUT2D eigenvalue weighted by molar-refractivity contribution is 0.626. The topological polar surface area (TPSA) is 26.0 Å². The lowest BCUT2D eigenvalue weighted by atomic mass is 10.1. The van der Waals surface area contributed by atoms with Crippen LogP contribution in [-0.4, -0.2) is 18.1 Å². The van der Waals surface area contributed by atoms with Crippen molar-refractivity contribution in [3.05, 3.63) is 35.6 Å². The van der Waals surface area contributed by atoms with Gasteiger partial charge in [0.25, 0.3) is 0 Å². The Morgan fingerprint density at radius 1 is 1.38 bits per heavy atom. The van der Waals surface area contributed by atoms with Crippen molar-refractivity contribution in [2.24, 2.45) is 5.73 Å². The fourth-order valence-electron chi connectivity index (χ4n) is 1.20. The van der Waals surface area contributed by atoms with Crippen LogP contribution in [0.15, 0.2) is 24.3 Å². The lowest BCUT2D eigenvalue weighted by Gasteiger charge is -2.09. The van der Waals surface area contributed by atoms with Crippen molar-refractivity contribution in [3.8, 4) is 0 Å². The third kappa shape index (κ3) is 3.79. The summed E-state index contributed by atoms with van der Waals surface area (Å²) in [5.74, 6) is 0.749. The van der Waals surface area contributed by atoms with Crippen molar-refractivity contribution in [3.63, 3.8) is 0 Å². The Hall–Kier alpha value is -0.540. The van der Waals surface area contributed by atoms with E-state index in [1.807, 2.05) is 6.26 Å². The fraction of sp³-hybridized carbons (Fsp3) is 0.400. The number of rotatable bonds is 4. The van der Waals surface area contributed by atoms with Gasteiger partial charge < -0.3 is 5.73 Å². The normalized spacial score (nSPS) is 12.8. The van der Waals surface area contributed by atoms with Gasteiger partial charge in [0, 0.05) is 11.8 Å². The molecule has 0 bridgehead atoms. The van der Waals surface area contributed by atoms with Gasteiger partial charge >= 0.3 is 0 Å². The van der Waals surface area contributed by atoms with Crippen molar-refractivity contribution in [2.45, 2.75) is 12.5 Å². The van der Waals surface area contributed by atoms with Gasteiger partial charge in [0.15, 0.2) is 0 Å². The highest BCUT2D eigenvalue weighted by Crippen LogP contribution is 2.06. The second-order valence-corrected chi connectivity index (χ2v) is 3.96. The van der Waals surface area contributed by atoms with Crippen LogP contribution in [0.2, 0.25) is 0 Å². The van der Waals surface area contributed by atoms with Crippen LogP contribution in [0.3, 0.4) is 0 Å². The van der Waals surface area contributed by atoms with Crippen LogP contribution >= 0.6 is 11.8 Å². The standard InChI is InChI=1S/C10H14FNS/c1-13-7-10(12)6-8-2-4-9(11)5-3-8/h2-5,10H,6-7,12H2,1H3. The van der Waals surface area contributed by atoms with E-state index < -0.39 is 0 Å². The lowest BCUT2D eigenvalue weighted by Crippen LogP contribution is -2.25. The minimum Gasteiger partial charge on any atom is -0.327 e. The first-order chi connectivity index (χ1) is 6.22. The quantitative estimate of drug-likeness (QED) is 0.803. The van der Waals surface area contributed by atoms with E-state index in [0.29, 0.717) is 0 Å². The second kappa shape index (κ2) is 5.25. The van der Waals surface area contributed by atoms with Crippen molar-refractivity contribution >= 4 is 11.8 Å². The molecule has 0 saturated carbocycles. The Labute approximate surface area is 82.5 Å². The molecule has 1 aromatic rings. The molecule has 1 unspecified atom stereocenters. The van der Waals surface area contributed by atoms with Crippen LogP contribution in [0, 0.1) is 5.82 Å². The monoisotopic (exact) mass is 199 g/mol. The molecule has 3 heteroatoms. The fourth-order valence-corrected chi connectivity index (χ4v) is 1.74. The van der Waals surface area contributed by atoms with Crippen LogP contribution in [0.4, 0.5) is 4.39 Å². The first-order valence-corrected chi connectivity index (χ1v) is 5.60. The van der Waals surface area contributed by atoms with Gasteiger partial charge in [-0.05, 0) is 30.4 Å². The van der Waals surface area contributed by atoms with E-state index >= 15 is 0 Å². The van der Waals surface area contributed by atoms with Crippen LogP contribution < -0.4 is 5.73 Å². The van der Waals surface area contributed by atoms with Gasteiger partial charge in [-0.3, -0.25) is 0 Å². The van der Waals surface area contributed by atoms with Gasteiger partial charge in [0.05, 0.1) is 0 Å². The molecule has 0 amide bonds. The Morgan fingerprint density at radius 3 is 2.54 bits per heavy atom. The highest BCUT2D eigenvalue weighted by atomic mass is 32.2. The van der Waals surface area contributed by atoms with E-state index in [0.717, 1.165) is 17.7 Å². The molecule has 0 aliphatic heterocycles. The first kappa shape index (κ1) is 10.5. The molecule has 1 aromatic carbocycles. The maximum atomic E-state index is 12.5. The van der Waals surface area contributed by atoms with Gasteiger partial charge in [0.1, 0.15) is 5.82 Å². The number of halogens is 1. The van der Waals surface area contributed by atoms with Crippen molar-refractivity contribution in [1.82, 2.24) is 0 Å². The summed E-state index contributed by atoms with van der Waals surface area (Å²) in [7, 11) is 0. The smallest absolute Gasteiger partial charge is 0.123 e. The third-order valence-electron chi connectivity index (χ3n) is 1.79. The molecule has 72 valence electrons. The average molecular weight is 199 g/mol. The SMILES string of the molecule is CSCC(N)Cc1ccc(F)cc1. The highest BCUT2D eigenvalue weighted by Gasteiger charge is 2.02. The molecule has 1 nitrogen and oxygen atoms in total. The van der Waals surface area contributed by atoms with Gasteiger partial charge in [-0.2, -0.15) is 11.8 Å². The summed E-state index contributed by atoms with van der Waals surface area (Å²) >= 11 is 1.73. The molecule has 1 atom stereocenters. The van der Waals surface area contributed by atoms with Crippen molar-refractivity contribution in [1.29, 1.82) is 0 Å². The summed E-state index contributed by atoms with van der Waals surface area (Å²) in [5, 5.41) is 0. The third-order valence-corrected chi connectivity index (χ3v) is 2.55. The molecule has 0 saturated heterocycles. The molecule has 0 aliphatic carbocycles. The number of benzene rings is 1. The maximum Gasteiger partial charge on any atom is 0.123 e. The van der Waals surface area contributed by atoms with E-state index in [2.05, 4.69) is 0 Å². The zero-order valence-electron chi connectivity index (χ0n) is 7.66. The van der Waals surface area contributed by atoms with Crippen molar-refractivity contribution in [2.75, 3.05) is 12.0 Å². The Balaban J connectivity index is 2.49. The summed E-state index contributed by atoms with van der Waals surface area (Å²) in [6.07, 6.45) is 2.85. The summed E-state index contributed by atoms with van der Waals surface area (Å²) < 4.78 is 12.5. The Kier molecular flexibility index (Phi) is 4.25. The van der Waals surface area contributed by atoms with Crippen LogP contribution in [-0.2, 0) is 6.42 Å². The summed E-state index contributed by atoms with van der Waals surface area (Å²) in [4.78, 5) is 0. The number of nitrogens with two attached hydrogens (primary N) is 1. The Bertz CT molecular complexity index is 248. The predicted molar refractivity (Wildman–Crippen MR) is 56.5 cm³/mol. The average Bonchev–Trinajstić information content (AvgIpc) is 2.09. The molecule has 0 spiro atoms. The zero-order chi connectivity index (χ0) is 9.68. The number of hydrogen-bond acceptors (Lipinski definition) is 2. The summed E-state index contributed by atoms with van der Waals surface area (Å²) in [6.45, 7) is 0. The van der Waals surface area contributed by atoms with Crippen LogP contribution in [0.1, 0.15) is 5.56 Å². The number of thioether (sulfide) groups is 1. The zero-order valence-corrected chi connectivity index (χ0v) is 8.48. The van der Waals surface area contributed by atoms with E-state index in [1.54, 1.807) is 23.9 Å². The van der Waals surface area contributed by atoms with E-state index in [1.165, 1.54) is 12.1 Å². The molecule has 0 aromatic heterocycles. The van der Waals surface area contributed by atoms with Crippen LogP contribution in [0.5, 0.6) is 0 Å². The maximum absolute atomic E-state index is 12.5. The molecule has 13 heavy (non-hydrogen) atoms. The minimum atomic E-state index is -0.192. The molecular weight excluding hydrogens is 185 g/mol. The first-order valence-electron chi connectivity index (χ1n) is 4.21. The highest BCUT2D eigenvalue weighted by molar-refractivity contribution is 7.98. The van der Waals surface area contributed by atoms with Gasteiger partial charge in [-0.1, -0.05) is 12.1 Å². The largest absolute Gasteiger partial charge is 0.327 e. The van der Waals surface area contributed by atoms with E-state index in [-0.39, 0.29) is 11.9 Å². The summed E-state index contributed by atoms with van der Waals surface area (Å²) in [5.41, 5.74) is 6.94. The van der Waals surface area contributed by atoms with Gasteiger partial charge in [-0.15, -0.1) is 0 Å². The molecule has 2 N–H and O–H groups in total. The van der Waals surface area contributed by atoms with E-state index in [9.17, 15) is 4.39 Å².